The molecule has 1 rings (SSSR count). The molecule has 1 aliphatic heterocycles. The van der Waals surface area contributed by atoms with Gasteiger partial charge in [0.2, 0.25) is 0 Å². The van der Waals surface area contributed by atoms with Crippen LogP contribution >= 0.6 is 11.8 Å². The van der Waals surface area contributed by atoms with Crippen molar-refractivity contribution < 1.29 is 0 Å². The number of hydrogen-bond acceptors (Lipinski definition) is 1. The maximum absolute atomic E-state index is 2.30. The molecule has 0 unspecified atom stereocenters. The van der Waals surface area contributed by atoms with Crippen molar-refractivity contribution in [3.63, 3.8) is 0 Å². The molecule has 1 heterocycles. The fourth-order valence-corrected chi connectivity index (χ4v) is 2.57. The molecule has 0 radical (unpaired) electrons. The van der Waals surface area contributed by atoms with Crippen molar-refractivity contribution in [2.75, 3.05) is 0 Å². The van der Waals surface area contributed by atoms with Crippen molar-refractivity contribution in [3.8, 4) is 0 Å². The van der Waals surface area contributed by atoms with Crippen LogP contribution in [-0.2, 0) is 0 Å². The van der Waals surface area contributed by atoms with Crippen LogP contribution in [0.15, 0.2) is 22.0 Å². The van der Waals surface area contributed by atoms with E-state index >= 15 is 0 Å². The zero-order chi connectivity index (χ0) is 9.19. The third-order valence-corrected chi connectivity index (χ3v) is 3.54. The van der Waals surface area contributed by atoms with E-state index < -0.39 is 0 Å². The van der Waals surface area contributed by atoms with Gasteiger partial charge >= 0.3 is 0 Å². The summed E-state index contributed by atoms with van der Waals surface area (Å²) in [6.07, 6.45) is 4.62. The summed E-state index contributed by atoms with van der Waals surface area (Å²) in [7, 11) is 0. The lowest BCUT2D eigenvalue weighted by Gasteiger charge is -2.26. The first-order valence-electron chi connectivity index (χ1n) is 4.60. The normalized spacial score (nSPS) is 18.7. The van der Waals surface area contributed by atoms with E-state index in [1.54, 1.807) is 10.5 Å². The van der Waals surface area contributed by atoms with Crippen LogP contribution in [0, 0.1) is 5.41 Å². The van der Waals surface area contributed by atoms with Crippen LogP contribution in [0.5, 0.6) is 0 Å². The summed E-state index contributed by atoms with van der Waals surface area (Å²) in [6, 6.07) is 0. The second-order valence-electron chi connectivity index (χ2n) is 4.23. The van der Waals surface area contributed by atoms with Crippen molar-refractivity contribution in [1.29, 1.82) is 0 Å². The minimum atomic E-state index is 0.334. The molecule has 0 nitrogen and oxygen atoms in total. The quantitative estimate of drug-likeness (QED) is 0.581. The molecule has 0 saturated carbocycles. The Morgan fingerprint density at radius 1 is 1.42 bits per heavy atom. The number of rotatable bonds is 1. The van der Waals surface area contributed by atoms with E-state index in [0.29, 0.717) is 5.41 Å². The lowest BCUT2D eigenvalue weighted by atomic mass is 9.91. The third-order valence-electron chi connectivity index (χ3n) is 2.08. The van der Waals surface area contributed by atoms with E-state index in [1.165, 1.54) is 6.42 Å². The smallest absolute Gasteiger partial charge is 0.00598 e. The molecule has 0 fully saturated rings. The monoisotopic (exact) mass is 182 g/mol. The van der Waals surface area contributed by atoms with Gasteiger partial charge in [0.1, 0.15) is 0 Å². The van der Waals surface area contributed by atoms with E-state index in [0.717, 1.165) is 6.42 Å². The average molecular weight is 182 g/mol. The van der Waals surface area contributed by atoms with E-state index in [1.807, 2.05) is 11.8 Å². The minimum absolute atomic E-state index is 0.334. The molecule has 0 aliphatic carbocycles. The highest BCUT2D eigenvalue weighted by atomic mass is 32.2. The maximum Gasteiger partial charge on any atom is -0.00598 e. The standard InChI is InChI=1S/C11H18S/c1-5-9-7-6-8-12-10(9)11(2,3)4/h6,8H,5,7H2,1-4H3. The average Bonchev–Trinajstić information content (AvgIpc) is 2.03. The SMILES string of the molecule is CCC1=C(C(C)(C)C)SC=CC1. The Bertz CT molecular complexity index is 216. The molecule has 0 amide bonds. The highest BCUT2D eigenvalue weighted by Crippen LogP contribution is 2.41. The number of hydrogen-bond donors (Lipinski definition) is 0. The van der Waals surface area contributed by atoms with Gasteiger partial charge in [0.25, 0.3) is 0 Å². The first-order valence-corrected chi connectivity index (χ1v) is 5.48. The van der Waals surface area contributed by atoms with Gasteiger partial charge in [-0.05, 0) is 28.6 Å². The van der Waals surface area contributed by atoms with Crippen LogP contribution in [0.3, 0.4) is 0 Å². The molecule has 0 aromatic heterocycles. The topological polar surface area (TPSA) is 0 Å². The van der Waals surface area contributed by atoms with E-state index in [9.17, 15) is 0 Å². The fourth-order valence-electron chi connectivity index (χ4n) is 1.49. The van der Waals surface area contributed by atoms with Gasteiger partial charge in [-0.3, -0.25) is 0 Å². The van der Waals surface area contributed by atoms with Crippen molar-refractivity contribution in [1.82, 2.24) is 0 Å². The molecule has 0 bridgehead atoms. The van der Waals surface area contributed by atoms with Gasteiger partial charge in [0, 0.05) is 0 Å². The van der Waals surface area contributed by atoms with Crippen LogP contribution in [0.4, 0.5) is 0 Å². The third kappa shape index (κ3) is 2.16. The lowest BCUT2D eigenvalue weighted by Crippen LogP contribution is -2.10. The molecule has 1 aliphatic rings. The second kappa shape index (κ2) is 3.69. The first-order chi connectivity index (χ1) is 5.55. The molecule has 12 heavy (non-hydrogen) atoms. The van der Waals surface area contributed by atoms with Crippen LogP contribution in [0.25, 0.3) is 0 Å². The number of thioether (sulfide) groups is 1. The number of allylic oxidation sites excluding steroid dienone is 3. The highest BCUT2D eigenvalue weighted by molar-refractivity contribution is 8.05. The second-order valence-corrected chi connectivity index (χ2v) is 5.15. The van der Waals surface area contributed by atoms with Crippen LogP contribution in [0.1, 0.15) is 40.5 Å². The Morgan fingerprint density at radius 3 is 2.50 bits per heavy atom. The zero-order valence-electron chi connectivity index (χ0n) is 8.48. The zero-order valence-corrected chi connectivity index (χ0v) is 9.29. The maximum atomic E-state index is 2.30. The van der Waals surface area contributed by atoms with Crippen LogP contribution in [0.2, 0.25) is 0 Å². The van der Waals surface area contributed by atoms with Gasteiger partial charge in [-0.15, -0.1) is 11.8 Å². The van der Waals surface area contributed by atoms with Gasteiger partial charge in [-0.2, -0.15) is 0 Å². The molecule has 0 spiro atoms. The first kappa shape index (κ1) is 9.91. The van der Waals surface area contributed by atoms with E-state index in [4.69, 9.17) is 0 Å². The molecule has 0 saturated heterocycles. The van der Waals surface area contributed by atoms with Crippen LogP contribution < -0.4 is 0 Å². The molecule has 68 valence electrons. The Balaban J connectivity index is 2.90. The molecule has 0 atom stereocenters. The summed E-state index contributed by atoms with van der Waals surface area (Å²) >= 11 is 1.90. The summed E-state index contributed by atoms with van der Waals surface area (Å²) in [5.74, 6) is 0. The Morgan fingerprint density at radius 2 is 2.08 bits per heavy atom. The van der Waals surface area contributed by atoms with Gasteiger partial charge < -0.3 is 0 Å². The molecule has 0 N–H and O–H groups in total. The predicted octanol–water partition coefficient (Wildman–Crippen LogP) is 4.35. The van der Waals surface area contributed by atoms with Gasteiger partial charge in [-0.25, -0.2) is 0 Å². The lowest BCUT2D eigenvalue weighted by molar-refractivity contribution is 0.525. The van der Waals surface area contributed by atoms with Gasteiger partial charge in [0.05, 0.1) is 0 Å². The molecular weight excluding hydrogens is 164 g/mol. The molecule has 1 heteroatoms. The Kier molecular flexibility index (Phi) is 3.05. The Hall–Kier alpha value is -0.170. The fraction of sp³-hybridized carbons (Fsp3) is 0.636. The van der Waals surface area contributed by atoms with Crippen molar-refractivity contribution in [2.24, 2.45) is 5.41 Å². The van der Waals surface area contributed by atoms with Gasteiger partial charge in [0.15, 0.2) is 0 Å². The van der Waals surface area contributed by atoms with E-state index in [2.05, 4.69) is 39.2 Å². The largest absolute Gasteiger partial charge is 0.102 e. The van der Waals surface area contributed by atoms with Gasteiger partial charge in [-0.1, -0.05) is 39.3 Å². The summed E-state index contributed by atoms with van der Waals surface area (Å²) in [6.45, 7) is 9.14. The summed E-state index contributed by atoms with van der Waals surface area (Å²) in [5, 5.41) is 2.22. The molecule has 0 aromatic carbocycles. The Labute approximate surface area is 80.1 Å². The summed E-state index contributed by atoms with van der Waals surface area (Å²) in [4.78, 5) is 1.58. The minimum Gasteiger partial charge on any atom is -0.102 e. The predicted molar refractivity (Wildman–Crippen MR) is 58.1 cm³/mol. The summed E-state index contributed by atoms with van der Waals surface area (Å²) in [5.41, 5.74) is 1.95. The van der Waals surface area contributed by atoms with Crippen molar-refractivity contribution >= 4 is 11.8 Å². The highest BCUT2D eigenvalue weighted by Gasteiger charge is 2.21. The van der Waals surface area contributed by atoms with Crippen LogP contribution in [-0.4, -0.2) is 0 Å². The summed E-state index contributed by atoms with van der Waals surface area (Å²) < 4.78 is 0. The van der Waals surface area contributed by atoms with E-state index in [-0.39, 0.29) is 0 Å². The molecule has 0 aromatic rings. The van der Waals surface area contributed by atoms with Crippen molar-refractivity contribution in [3.05, 3.63) is 22.0 Å². The van der Waals surface area contributed by atoms with Crippen molar-refractivity contribution in [2.45, 2.75) is 40.5 Å². The molecular formula is C11H18S.